The van der Waals surface area contributed by atoms with Gasteiger partial charge in [-0.1, -0.05) is 19.9 Å². The second kappa shape index (κ2) is 6.61. The Balaban J connectivity index is 2.44. The highest BCUT2D eigenvalue weighted by molar-refractivity contribution is 5.03. The fourth-order valence-electron chi connectivity index (χ4n) is 1.80. The third kappa shape index (κ3) is 4.29. The summed E-state index contributed by atoms with van der Waals surface area (Å²) in [5, 5.41) is 3.36. The highest BCUT2D eigenvalue weighted by atomic mass is 15.1. The molecule has 3 heteroatoms. The van der Waals surface area contributed by atoms with Crippen LogP contribution in [-0.2, 0) is 6.54 Å². The number of pyridine rings is 1. The van der Waals surface area contributed by atoms with E-state index in [-0.39, 0.29) is 0 Å². The smallest absolute Gasteiger partial charge is 0.0543 e. The second-order valence-corrected chi connectivity index (χ2v) is 4.66. The zero-order chi connectivity index (χ0) is 12.0. The minimum absolute atomic E-state index is 0.536. The van der Waals surface area contributed by atoms with Gasteiger partial charge in [0.2, 0.25) is 0 Å². The fourth-order valence-corrected chi connectivity index (χ4v) is 1.80. The van der Waals surface area contributed by atoms with E-state index >= 15 is 0 Å². The van der Waals surface area contributed by atoms with Gasteiger partial charge >= 0.3 is 0 Å². The van der Waals surface area contributed by atoms with Crippen LogP contribution in [0.4, 0.5) is 0 Å². The van der Waals surface area contributed by atoms with Gasteiger partial charge in [0.15, 0.2) is 0 Å². The number of nitrogens with one attached hydrogen (secondary N) is 1. The van der Waals surface area contributed by atoms with Gasteiger partial charge < -0.3 is 5.32 Å². The summed E-state index contributed by atoms with van der Waals surface area (Å²) in [7, 11) is 4.17. The zero-order valence-corrected chi connectivity index (χ0v) is 10.8. The molecule has 0 aliphatic carbocycles. The first-order valence-electron chi connectivity index (χ1n) is 5.89. The van der Waals surface area contributed by atoms with E-state index < -0.39 is 0 Å². The average Bonchev–Trinajstić information content (AvgIpc) is 2.27. The van der Waals surface area contributed by atoms with Crippen LogP contribution in [-0.4, -0.2) is 36.6 Å². The van der Waals surface area contributed by atoms with Crippen LogP contribution in [0.25, 0.3) is 0 Å². The molecule has 1 heterocycles. The molecule has 1 unspecified atom stereocenters. The number of likely N-dealkylation sites (N-methyl/N-ethyl adjacent to an activating group) is 2. The molecular weight excluding hydrogens is 198 g/mol. The largest absolute Gasteiger partial charge is 0.315 e. The van der Waals surface area contributed by atoms with Crippen LogP contribution in [0.3, 0.4) is 0 Å². The molecule has 0 aliphatic rings. The monoisotopic (exact) mass is 221 g/mol. The standard InChI is InChI=1S/C13H23N3/c1-11(2)13(14-3)10-16(4)9-12-7-5-6-8-15-12/h5-8,11,13-14H,9-10H2,1-4H3. The van der Waals surface area contributed by atoms with E-state index in [1.165, 1.54) is 0 Å². The Kier molecular flexibility index (Phi) is 5.43. The molecule has 1 atom stereocenters. The first-order valence-corrected chi connectivity index (χ1v) is 5.89. The summed E-state index contributed by atoms with van der Waals surface area (Å²) < 4.78 is 0. The van der Waals surface area contributed by atoms with Crippen molar-refractivity contribution in [2.24, 2.45) is 5.92 Å². The number of aromatic nitrogens is 1. The van der Waals surface area contributed by atoms with Crippen molar-refractivity contribution in [1.82, 2.24) is 15.2 Å². The molecule has 0 aliphatic heterocycles. The Hall–Kier alpha value is -0.930. The van der Waals surface area contributed by atoms with E-state index in [0.717, 1.165) is 18.8 Å². The molecule has 0 fully saturated rings. The molecule has 16 heavy (non-hydrogen) atoms. The van der Waals surface area contributed by atoms with Gasteiger partial charge in [0.25, 0.3) is 0 Å². The SMILES string of the molecule is CNC(CN(C)Cc1ccccn1)C(C)C. The number of hydrogen-bond acceptors (Lipinski definition) is 3. The van der Waals surface area contributed by atoms with Crippen LogP contribution in [0.5, 0.6) is 0 Å². The van der Waals surface area contributed by atoms with E-state index in [9.17, 15) is 0 Å². The van der Waals surface area contributed by atoms with Gasteiger partial charge in [0.1, 0.15) is 0 Å². The van der Waals surface area contributed by atoms with Crippen LogP contribution in [0.1, 0.15) is 19.5 Å². The van der Waals surface area contributed by atoms with E-state index in [1.807, 2.05) is 25.4 Å². The van der Waals surface area contributed by atoms with Crippen molar-refractivity contribution in [1.29, 1.82) is 0 Å². The Morgan fingerprint density at radius 1 is 1.38 bits per heavy atom. The van der Waals surface area contributed by atoms with E-state index in [1.54, 1.807) is 0 Å². The lowest BCUT2D eigenvalue weighted by atomic mass is 10.0. The molecule has 1 rings (SSSR count). The highest BCUT2D eigenvalue weighted by Crippen LogP contribution is 2.05. The molecule has 0 radical (unpaired) electrons. The van der Waals surface area contributed by atoms with E-state index in [2.05, 4.69) is 42.2 Å². The van der Waals surface area contributed by atoms with Gasteiger partial charge in [-0.25, -0.2) is 0 Å². The van der Waals surface area contributed by atoms with Crippen molar-refractivity contribution < 1.29 is 0 Å². The van der Waals surface area contributed by atoms with Crippen LogP contribution in [0.15, 0.2) is 24.4 Å². The number of nitrogens with zero attached hydrogens (tertiary/aromatic N) is 2. The lowest BCUT2D eigenvalue weighted by Crippen LogP contribution is -2.41. The summed E-state index contributed by atoms with van der Waals surface area (Å²) in [4.78, 5) is 6.64. The maximum atomic E-state index is 4.33. The quantitative estimate of drug-likeness (QED) is 0.793. The Labute approximate surface area is 98.9 Å². The van der Waals surface area contributed by atoms with Crippen LogP contribution in [0.2, 0.25) is 0 Å². The third-order valence-electron chi connectivity index (χ3n) is 2.84. The van der Waals surface area contributed by atoms with Crippen molar-refractivity contribution in [3.63, 3.8) is 0 Å². The first kappa shape index (κ1) is 13.1. The number of rotatable bonds is 6. The van der Waals surface area contributed by atoms with Gasteiger partial charge in [-0.05, 0) is 32.1 Å². The molecule has 1 aromatic heterocycles. The molecular formula is C13H23N3. The molecule has 0 spiro atoms. The van der Waals surface area contributed by atoms with Crippen molar-refractivity contribution in [2.75, 3.05) is 20.6 Å². The van der Waals surface area contributed by atoms with Crippen LogP contribution < -0.4 is 5.32 Å². The number of hydrogen-bond donors (Lipinski definition) is 1. The Bertz CT molecular complexity index is 284. The topological polar surface area (TPSA) is 28.2 Å². The fraction of sp³-hybridized carbons (Fsp3) is 0.615. The van der Waals surface area contributed by atoms with E-state index in [0.29, 0.717) is 12.0 Å². The maximum absolute atomic E-state index is 4.33. The lowest BCUT2D eigenvalue weighted by Gasteiger charge is -2.26. The molecule has 0 saturated heterocycles. The molecule has 0 saturated carbocycles. The predicted octanol–water partition coefficient (Wildman–Crippen LogP) is 1.76. The molecule has 1 N–H and O–H groups in total. The normalized spacial score (nSPS) is 13.4. The maximum Gasteiger partial charge on any atom is 0.0543 e. The molecule has 3 nitrogen and oxygen atoms in total. The Morgan fingerprint density at radius 3 is 2.62 bits per heavy atom. The van der Waals surface area contributed by atoms with Crippen molar-refractivity contribution >= 4 is 0 Å². The molecule has 90 valence electrons. The predicted molar refractivity (Wildman–Crippen MR) is 68.3 cm³/mol. The highest BCUT2D eigenvalue weighted by Gasteiger charge is 2.13. The van der Waals surface area contributed by atoms with Crippen molar-refractivity contribution in [3.8, 4) is 0 Å². The van der Waals surface area contributed by atoms with E-state index in [4.69, 9.17) is 0 Å². The zero-order valence-electron chi connectivity index (χ0n) is 10.8. The molecule has 1 aromatic rings. The second-order valence-electron chi connectivity index (χ2n) is 4.66. The minimum Gasteiger partial charge on any atom is -0.315 e. The van der Waals surface area contributed by atoms with Gasteiger partial charge in [-0.3, -0.25) is 9.88 Å². The average molecular weight is 221 g/mol. The summed E-state index contributed by atoms with van der Waals surface area (Å²) in [6.07, 6.45) is 1.85. The molecule has 0 amide bonds. The first-order chi connectivity index (χ1) is 7.63. The summed E-state index contributed by atoms with van der Waals surface area (Å²) in [6, 6.07) is 6.59. The van der Waals surface area contributed by atoms with Crippen LogP contribution in [0, 0.1) is 5.92 Å². The van der Waals surface area contributed by atoms with Gasteiger partial charge in [0, 0.05) is 25.3 Å². The van der Waals surface area contributed by atoms with Gasteiger partial charge in [-0.2, -0.15) is 0 Å². The summed E-state index contributed by atoms with van der Waals surface area (Å²) in [5.41, 5.74) is 1.13. The molecule has 0 aromatic carbocycles. The summed E-state index contributed by atoms with van der Waals surface area (Å²) in [6.45, 7) is 6.45. The molecule has 0 bridgehead atoms. The lowest BCUT2D eigenvalue weighted by molar-refractivity contribution is 0.254. The summed E-state index contributed by atoms with van der Waals surface area (Å²) >= 11 is 0. The van der Waals surface area contributed by atoms with Gasteiger partial charge in [0.05, 0.1) is 5.69 Å². The summed E-state index contributed by atoms with van der Waals surface area (Å²) in [5.74, 6) is 0.649. The minimum atomic E-state index is 0.536. The van der Waals surface area contributed by atoms with Gasteiger partial charge in [-0.15, -0.1) is 0 Å². The van der Waals surface area contributed by atoms with Crippen LogP contribution >= 0.6 is 0 Å². The Morgan fingerprint density at radius 2 is 2.12 bits per heavy atom. The third-order valence-corrected chi connectivity index (χ3v) is 2.84. The van der Waals surface area contributed by atoms with Crippen molar-refractivity contribution in [3.05, 3.63) is 30.1 Å². The van der Waals surface area contributed by atoms with Crippen molar-refractivity contribution in [2.45, 2.75) is 26.4 Å².